The van der Waals surface area contributed by atoms with Crippen molar-refractivity contribution in [3.63, 3.8) is 0 Å². The van der Waals surface area contributed by atoms with E-state index in [2.05, 4.69) is 45.1 Å². The second kappa shape index (κ2) is 6.29. The first-order valence-corrected chi connectivity index (χ1v) is 7.27. The van der Waals surface area contributed by atoms with Crippen LogP contribution in [0.2, 0.25) is 0 Å². The zero-order valence-electron chi connectivity index (χ0n) is 12.4. The van der Waals surface area contributed by atoms with Crippen LogP contribution < -0.4 is 14.8 Å². The molecule has 1 aliphatic heterocycles. The average molecular weight is 263 g/mol. The largest absolute Gasteiger partial charge is 0.486 e. The Hall–Kier alpha value is -1.22. The first kappa shape index (κ1) is 14.2. The quantitative estimate of drug-likeness (QED) is 0.881. The maximum absolute atomic E-state index is 5.64. The Labute approximate surface area is 116 Å². The molecule has 1 aliphatic rings. The van der Waals surface area contributed by atoms with Crippen LogP contribution in [0, 0.1) is 5.92 Å². The Morgan fingerprint density at radius 3 is 2.47 bits per heavy atom. The van der Waals surface area contributed by atoms with Crippen LogP contribution in [-0.2, 0) is 0 Å². The first-order chi connectivity index (χ1) is 9.11. The number of ether oxygens (including phenoxy) is 2. The molecule has 0 spiro atoms. The van der Waals surface area contributed by atoms with Crippen LogP contribution in [0.15, 0.2) is 18.2 Å². The minimum absolute atomic E-state index is 0.319. The third-order valence-corrected chi connectivity index (χ3v) is 4.08. The lowest BCUT2D eigenvalue weighted by Crippen LogP contribution is -2.34. The fraction of sp³-hybridized carbons (Fsp3) is 0.625. The molecule has 19 heavy (non-hydrogen) atoms. The Balaban J connectivity index is 2.05. The van der Waals surface area contributed by atoms with Gasteiger partial charge in [-0.2, -0.15) is 0 Å². The molecular weight excluding hydrogens is 238 g/mol. The third-order valence-electron chi connectivity index (χ3n) is 4.08. The lowest BCUT2D eigenvalue weighted by atomic mass is 9.98. The van der Waals surface area contributed by atoms with Crippen LogP contribution in [0.1, 0.15) is 45.7 Å². The van der Waals surface area contributed by atoms with E-state index < -0.39 is 0 Å². The first-order valence-electron chi connectivity index (χ1n) is 7.27. The van der Waals surface area contributed by atoms with Crippen molar-refractivity contribution in [2.24, 2.45) is 5.92 Å². The fourth-order valence-electron chi connectivity index (χ4n) is 2.34. The van der Waals surface area contributed by atoms with Crippen LogP contribution in [0.25, 0.3) is 0 Å². The highest BCUT2D eigenvalue weighted by atomic mass is 16.6. The van der Waals surface area contributed by atoms with Crippen molar-refractivity contribution in [2.45, 2.75) is 46.2 Å². The second-order valence-electron chi connectivity index (χ2n) is 5.47. The predicted molar refractivity (Wildman–Crippen MR) is 77.9 cm³/mol. The van der Waals surface area contributed by atoms with Gasteiger partial charge in [-0.15, -0.1) is 0 Å². The van der Waals surface area contributed by atoms with Gasteiger partial charge in [-0.05, 0) is 37.5 Å². The van der Waals surface area contributed by atoms with E-state index in [0.29, 0.717) is 31.2 Å². The van der Waals surface area contributed by atoms with E-state index in [1.165, 1.54) is 12.0 Å². The molecule has 2 rings (SSSR count). The summed E-state index contributed by atoms with van der Waals surface area (Å²) in [5.74, 6) is 2.41. The Bertz CT molecular complexity index is 419. The van der Waals surface area contributed by atoms with E-state index in [0.717, 1.165) is 11.5 Å². The van der Waals surface area contributed by atoms with Crippen molar-refractivity contribution in [1.29, 1.82) is 0 Å². The van der Waals surface area contributed by atoms with Crippen molar-refractivity contribution in [3.05, 3.63) is 23.8 Å². The number of fused-ring (bicyclic) bond motifs is 1. The predicted octanol–water partition coefficient (Wildman–Crippen LogP) is 3.54. The van der Waals surface area contributed by atoms with Crippen LogP contribution in [0.5, 0.6) is 11.5 Å². The molecule has 3 atom stereocenters. The van der Waals surface area contributed by atoms with Crippen LogP contribution in [0.3, 0.4) is 0 Å². The molecule has 0 amide bonds. The third kappa shape index (κ3) is 3.41. The smallest absolute Gasteiger partial charge is 0.161 e. The van der Waals surface area contributed by atoms with E-state index >= 15 is 0 Å². The molecule has 106 valence electrons. The normalized spacial score (nSPS) is 18.7. The Kier molecular flexibility index (Phi) is 4.70. The van der Waals surface area contributed by atoms with Crippen LogP contribution >= 0.6 is 0 Å². The molecule has 1 aromatic rings. The summed E-state index contributed by atoms with van der Waals surface area (Å²) >= 11 is 0. The van der Waals surface area contributed by atoms with E-state index in [1.807, 2.05) is 6.07 Å². The average Bonchev–Trinajstić information content (AvgIpc) is 2.45. The second-order valence-corrected chi connectivity index (χ2v) is 5.47. The molecule has 1 aromatic carbocycles. The number of hydrogen-bond donors (Lipinski definition) is 1. The molecule has 3 heteroatoms. The van der Waals surface area contributed by atoms with Gasteiger partial charge in [0.25, 0.3) is 0 Å². The lowest BCUT2D eigenvalue weighted by Gasteiger charge is -2.26. The van der Waals surface area contributed by atoms with E-state index in [1.54, 1.807) is 0 Å². The molecule has 0 radical (unpaired) electrons. The summed E-state index contributed by atoms with van der Waals surface area (Å²) in [6.45, 7) is 10.3. The number of hydrogen-bond acceptors (Lipinski definition) is 3. The molecule has 0 bridgehead atoms. The maximum atomic E-state index is 5.64. The summed E-state index contributed by atoms with van der Waals surface area (Å²) < 4.78 is 11.2. The lowest BCUT2D eigenvalue weighted by molar-refractivity contribution is 0.171. The topological polar surface area (TPSA) is 30.5 Å². The number of nitrogens with one attached hydrogen (secondary N) is 1. The highest BCUT2D eigenvalue weighted by Gasteiger charge is 2.17. The van der Waals surface area contributed by atoms with Gasteiger partial charge in [-0.3, -0.25) is 0 Å². The molecular formula is C16H25NO2. The molecule has 0 saturated carbocycles. The number of benzene rings is 1. The van der Waals surface area contributed by atoms with Gasteiger partial charge in [-0.25, -0.2) is 0 Å². The molecule has 0 aromatic heterocycles. The van der Waals surface area contributed by atoms with Gasteiger partial charge in [0, 0.05) is 12.1 Å². The molecule has 0 aliphatic carbocycles. The van der Waals surface area contributed by atoms with Crippen molar-refractivity contribution in [2.75, 3.05) is 13.2 Å². The molecule has 1 N–H and O–H groups in total. The van der Waals surface area contributed by atoms with Gasteiger partial charge in [-0.1, -0.05) is 26.3 Å². The molecule has 3 unspecified atom stereocenters. The summed E-state index contributed by atoms with van der Waals surface area (Å²) in [5, 5.41) is 3.66. The zero-order chi connectivity index (χ0) is 13.8. The van der Waals surface area contributed by atoms with Gasteiger partial charge in [0.15, 0.2) is 11.5 Å². The SMILES string of the molecule is CCC(C)C(C)NC(C)c1ccc2c(c1)OCCO2. The summed E-state index contributed by atoms with van der Waals surface area (Å²) in [7, 11) is 0. The highest BCUT2D eigenvalue weighted by Crippen LogP contribution is 2.32. The minimum atomic E-state index is 0.319. The summed E-state index contributed by atoms with van der Waals surface area (Å²) in [4.78, 5) is 0. The highest BCUT2D eigenvalue weighted by molar-refractivity contribution is 5.44. The standard InChI is InChI=1S/C16H25NO2/c1-5-11(2)12(3)17-13(4)14-6-7-15-16(10-14)19-9-8-18-15/h6-7,10-13,17H,5,8-9H2,1-4H3. The monoisotopic (exact) mass is 263 g/mol. The summed E-state index contributed by atoms with van der Waals surface area (Å²) in [6, 6.07) is 7.05. The summed E-state index contributed by atoms with van der Waals surface area (Å²) in [5.41, 5.74) is 1.25. The van der Waals surface area contributed by atoms with Gasteiger partial charge in [0.2, 0.25) is 0 Å². The van der Waals surface area contributed by atoms with Crippen molar-refractivity contribution in [1.82, 2.24) is 5.32 Å². The Morgan fingerprint density at radius 1 is 1.11 bits per heavy atom. The fourth-order valence-corrected chi connectivity index (χ4v) is 2.34. The molecule has 3 nitrogen and oxygen atoms in total. The summed E-state index contributed by atoms with van der Waals surface area (Å²) in [6.07, 6.45) is 1.20. The van der Waals surface area contributed by atoms with Crippen molar-refractivity contribution >= 4 is 0 Å². The number of rotatable bonds is 5. The van der Waals surface area contributed by atoms with Gasteiger partial charge in [0.1, 0.15) is 13.2 Å². The van der Waals surface area contributed by atoms with Gasteiger partial charge in [0.05, 0.1) is 0 Å². The van der Waals surface area contributed by atoms with E-state index in [4.69, 9.17) is 9.47 Å². The Morgan fingerprint density at radius 2 is 1.79 bits per heavy atom. The molecule has 1 heterocycles. The van der Waals surface area contributed by atoms with E-state index in [9.17, 15) is 0 Å². The van der Waals surface area contributed by atoms with E-state index in [-0.39, 0.29) is 0 Å². The van der Waals surface area contributed by atoms with Crippen LogP contribution in [-0.4, -0.2) is 19.3 Å². The zero-order valence-corrected chi connectivity index (χ0v) is 12.4. The van der Waals surface area contributed by atoms with Crippen LogP contribution in [0.4, 0.5) is 0 Å². The molecule has 0 fully saturated rings. The molecule has 0 saturated heterocycles. The van der Waals surface area contributed by atoms with Gasteiger partial charge < -0.3 is 14.8 Å². The van der Waals surface area contributed by atoms with Crippen molar-refractivity contribution < 1.29 is 9.47 Å². The maximum Gasteiger partial charge on any atom is 0.161 e. The minimum Gasteiger partial charge on any atom is -0.486 e. The van der Waals surface area contributed by atoms with Crippen molar-refractivity contribution in [3.8, 4) is 11.5 Å². The van der Waals surface area contributed by atoms with Gasteiger partial charge >= 0.3 is 0 Å².